The maximum Gasteiger partial charge on any atom is 0.261 e. The Morgan fingerprint density at radius 3 is 2.43 bits per heavy atom. The van der Waals surface area contributed by atoms with Crippen LogP contribution in [0, 0.1) is 0 Å². The lowest BCUT2D eigenvalue weighted by Crippen LogP contribution is -2.12. The third-order valence-electron chi connectivity index (χ3n) is 3.67. The van der Waals surface area contributed by atoms with E-state index in [1.807, 2.05) is 11.6 Å². The molecule has 0 atom stereocenters. The highest BCUT2D eigenvalue weighted by atomic mass is 32.2. The van der Waals surface area contributed by atoms with Gasteiger partial charge in [0.05, 0.1) is 4.90 Å². The van der Waals surface area contributed by atoms with Crippen LogP contribution < -0.4 is 4.72 Å². The average molecular weight is 328 g/mol. The molecule has 0 unspecified atom stereocenters. The van der Waals surface area contributed by atoms with Crippen LogP contribution >= 0.6 is 0 Å². The number of benzene rings is 2. The van der Waals surface area contributed by atoms with Crippen molar-refractivity contribution in [1.82, 2.24) is 4.57 Å². The predicted octanol–water partition coefficient (Wildman–Crippen LogP) is 3.18. The number of rotatable bonds is 4. The van der Waals surface area contributed by atoms with Crippen molar-refractivity contribution in [1.29, 1.82) is 0 Å². The fraction of sp³-hybridized carbons (Fsp3) is 0.118. The molecule has 0 radical (unpaired) electrons. The Labute approximate surface area is 134 Å². The standard InChI is InChI=1S/C17H16N2O3S/c1-12(20)16-11-19(2)17-9-8-13(10-15(16)17)18-23(21,22)14-6-4-3-5-7-14/h3-11,18H,1-2H3. The number of hydrogen-bond acceptors (Lipinski definition) is 3. The summed E-state index contributed by atoms with van der Waals surface area (Å²) in [5.41, 5.74) is 1.87. The van der Waals surface area contributed by atoms with Crippen LogP contribution in [-0.2, 0) is 17.1 Å². The highest BCUT2D eigenvalue weighted by Crippen LogP contribution is 2.26. The Morgan fingerprint density at radius 2 is 1.78 bits per heavy atom. The third-order valence-corrected chi connectivity index (χ3v) is 5.07. The number of aromatic nitrogens is 1. The molecule has 0 aliphatic carbocycles. The summed E-state index contributed by atoms with van der Waals surface area (Å²) in [4.78, 5) is 11.9. The van der Waals surface area contributed by atoms with Crippen molar-refractivity contribution in [3.8, 4) is 0 Å². The van der Waals surface area contributed by atoms with Crippen molar-refractivity contribution < 1.29 is 13.2 Å². The minimum atomic E-state index is -3.65. The molecule has 0 aliphatic rings. The van der Waals surface area contributed by atoms with E-state index in [9.17, 15) is 13.2 Å². The minimum absolute atomic E-state index is 0.0568. The van der Waals surface area contributed by atoms with Gasteiger partial charge in [-0.2, -0.15) is 0 Å². The van der Waals surface area contributed by atoms with E-state index in [1.165, 1.54) is 19.1 Å². The molecule has 1 heterocycles. The molecule has 0 bridgehead atoms. The number of hydrogen-bond donors (Lipinski definition) is 1. The van der Waals surface area contributed by atoms with Crippen LogP contribution in [0.25, 0.3) is 10.9 Å². The molecule has 6 heteroatoms. The van der Waals surface area contributed by atoms with Crippen LogP contribution in [0.5, 0.6) is 0 Å². The quantitative estimate of drug-likeness (QED) is 0.748. The molecular formula is C17H16N2O3S. The molecule has 0 saturated heterocycles. The normalized spacial score (nSPS) is 11.6. The number of ketones is 1. The average Bonchev–Trinajstić information content (AvgIpc) is 2.85. The van der Waals surface area contributed by atoms with Crippen molar-refractivity contribution >= 4 is 32.4 Å². The number of nitrogens with one attached hydrogen (secondary N) is 1. The number of anilines is 1. The van der Waals surface area contributed by atoms with E-state index in [2.05, 4.69) is 4.72 Å². The molecule has 0 amide bonds. The number of carbonyl (C=O) groups excluding carboxylic acids is 1. The van der Waals surface area contributed by atoms with Gasteiger partial charge in [0, 0.05) is 35.4 Å². The van der Waals surface area contributed by atoms with Gasteiger partial charge in [-0.05, 0) is 37.3 Å². The van der Waals surface area contributed by atoms with Gasteiger partial charge >= 0.3 is 0 Å². The Balaban J connectivity index is 2.05. The topological polar surface area (TPSA) is 68.2 Å². The lowest BCUT2D eigenvalue weighted by atomic mass is 10.1. The van der Waals surface area contributed by atoms with E-state index in [-0.39, 0.29) is 10.7 Å². The molecule has 118 valence electrons. The van der Waals surface area contributed by atoms with E-state index in [4.69, 9.17) is 0 Å². The van der Waals surface area contributed by atoms with Crippen molar-refractivity contribution in [2.75, 3.05) is 4.72 Å². The summed E-state index contributed by atoms with van der Waals surface area (Å²) < 4.78 is 29.2. The summed E-state index contributed by atoms with van der Waals surface area (Å²) in [6.07, 6.45) is 1.75. The summed E-state index contributed by atoms with van der Waals surface area (Å²) in [6.45, 7) is 1.50. The number of fused-ring (bicyclic) bond motifs is 1. The molecule has 0 spiro atoms. The summed E-state index contributed by atoms with van der Waals surface area (Å²) in [5, 5.41) is 0.730. The van der Waals surface area contributed by atoms with E-state index in [0.717, 1.165) is 10.9 Å². The zero-order valence-electron chi connectivity index (χ0n) is 12.8. The molecule has 0 saturated carbocycles. The third kappa shape index (κ3) is 2.85. The number of aryl methyl sites for hydroxylation is 1. The highest BCUT2D eigenvalue weighted by molar-refractivity contribution is 7.92. The van der Waals surface area contributed by atoms with Gasteiger partial charge < -0.3 is 4.57 Å². The SMILES string of the molecule is CC(=O)c1cn(C)c2ccc(NS(=O)(=O)c3ccccc3)cc12. The lowest BCUT2D eigenvalue weighted by Gasteiger charge is -2.08. The second kappa shape index (κ2) is 5.55. The largest absolute Gasteiger partial charge is 0.350 e. The van der Waals surface area contributed by atoms with Gasteiger partial charge in [0.25, 0.3) is 10.0 Å². The van der Waals surface area contributed by atoms with Crippen LogP contribution in [0.3, 0.4) is 0 Å². The highest BCUT2D eigenvalue weighted by Gasteiger charge is 2.15. The molecule has 5 nitrogen and oxygen atoms in total. The molecular weight excluding hydrogens is 312 g/mol. The number of nitrogens with zero attached hydrogens (tertiary/aromatic N) is 1. The monoisotopic (exact) mass is 328 g/mol. The van der Waals surface area contributed by atoms with Gasteiger partial charge in [0.1, 0.15) is 0 Å². The van der Waals surface area contributed by atoms with Crippen LogP contribution in [0.1, 0.15) is 17.3 Å². The molecule has 0 aliphatic heterocycles. The zero-order valence-corrected chi connectivity index (χ0v) is 13.6. The first-order chi connectivity index (χ1) is 10.9. The van der Waals surface area contributed by atoms with E-state index >= 15 is 0 Å². The Morgan fingerprint density at radius 1 is 1.09 bits per heavy atom. The van der Waals surface area contributed by atoms with Gasteiger partial charge in [0.15, 0.2) is 5.78 Å². The van der Waals surface area contributed by atoms with Gasteiger partial charge in [0.2, 0.25) is 0 Å². The lowest BCUT2D eigenvalue weighted by molar-refractivity contribution is 0.101. The second-order valence-corrected chi connectivity index (χ2v) is 7.04. The van der Waals surface area contributed by atoms with Crippen molar-refractivity contribution in [2.45, 2.75) is 11.8 Å². The first-order valence-corrected chi connectivity index (χ1v) is 8.55. The Bertz CT molecular complexity index is 989. The zero-order chi connectivity index (χ0) is 16.6. The summed E-state index contributed by atoms with van der Waals surface area (Å²) in [5.74, 6) is -0.0568. The molecule has 2 aromatic carbocycles. The first kappa shape index (κ1) is 15.3. The van der Waals surface area contributed by atoms with E-state index < -0.39 is 10.0 Å². The summed E-state index contributed by atoms with van der Waals surface area (Å²) >= 11 is 0. The van der Waals surface area contributed by atoms with Crippen molar-refractivity contribution in [3.63, 3.8) is 0 Å². The van der Waals surface area contributed by atoms with E-state index in [1.54, 1.807) is 42.6 Å². The van der Waals surface area contributed by atoms with Crippen LogP contribution in [0.2, 0.25) is 0 Å². The smallest absolute Gasteiger partial charge is 0.261 e. The number of Topliss-reactive ketones (excluding diaryl/α,β-unsaturated/α-hetero) is 1. The fourth-order valence-electron chi connectivity index (χ4n) is 2.55. The fourth-order valence-corrected chi connectivity index (χ4v) is 3.62. The van der Waals surface area contributed by atoms with E-state index in [0.29, 0.717) is 11.3 Å². The van der Waals surface area contributed by atoms with Gasteiger partial charge in [-0.25, -0.2) is 8.42 Å². The van der Waals surface area contributed by atoms with Crippen LogP contribution in [0.4, 0.5) is 5.69 Å². The van der Waals surface area contributed by atoms with Crippen LogP contribution in [0.15, 0.2) is 59.6 Å². The summed E-state index contributed by atoms with van der Waals surface area (Å²) in [7, 11) is -1.80. The van der Waals surface area contributed by atoms with Crippen molar-refractivity contribution in [3.05, 3.63) is 60.3 Å². The molecule has 1 aromatic heterocycles. The maximum atomic E-state index is 12.4. The van der Waals surface area contributed by atoms with Gasteiger partial charge in [-0.3, -0.25) is 9.52 Å². The first-order valence-electron chi connectivity index (χ1n) is 7.06. The molecule has 23 heavy (non-hydrogen) atoms. The van der Waals surface area contributed by atoms with Gasteiger partial charge in [-0.15, -0.1) is 0 Å². The number of sulfonamides is 1. The molecule has 3 aromatic rings. The van der Waals surface area contributed by atoms with Crippen molar-refractivity contribution in [2.24, 2.45) is 7.05 Å². The molecule has 3 rings (SSSR count). The molecule has 0 fully saturated rings. The maximum absolute atomic E-state index is 12.4. The van der Waals surface area contributed by atoms with Gasteiger partial charge in [-0.1, -0.05) is 18.2 Å². The van der Waals surface area contributed by atoms with Crippen LogP contribution in [-0.4, -0.2) is 18.8 Å². The Hall–Kier alpha value is -2.60. The minimum Gasteiger partial charge on any atom is -0.350 e. The Kier molecular flexibility index (Phi) is 3.69. The number of carbonyl (C=O) groups is 1. The summed E-state index contributed by atoms with van der Waals surface area (Å²) in [6, 6.07) is 13.3. The molecule has 1 N–H and O–H groups in total. The second-order valence-electron chi connectivity index (χ2n) is 5.36. The predicted molar refractivity (Wildman–Crippen MR) is 90.2 cm³/mol.